The van der Waals surface area contributed by atoms with E-state index in [1.807, 2.05) is 29.6 Å². The van der Waals surface area contributed by atoms with Crippen molar-refractivity contribution in [2.45, 2.75) is 19.6 Å². The Labute approximate surface area is 186 Å². The van der Waals surface area contributed by atoms with Crippen molar-refractivity contribution in [3.05, 3.63) is 69.0 Å². The molecule has 0 saturated carbocycles. The van der Waals surface area contributed by atoms with Gasteiger partial charge in [-0.25, -0.2) is 4.98 Å². The van der Waals surface area contributed by atoms with Crippen molar-refractivity contribution in [3.63, 3.8) is 0 Å². The summed E-state index contributed by atoms with van der Waals surface area (Å²) in [6.07, 6.45) is -0.520. The van der Waals surface area contributed by atoms with Crippen LogP contribution in [0.2, 0.25) is 5.02 Å². The number of nitrogens with zero attached hydrogens (tertiary/aromatic N) is 1. The van der Waals surface area contributed by atoms with Gasteiger partial charge in [0.15, 0.2) is 6.10 Å². The van der Waals surface area contributed by atoms with Gasteiger partial charge in [0.05, 0.1) is 17.6 Å². The average Bonchev–Trinajstić information content (AvgIpc) is 3.18. The summed E-state index contributed by atoms with van der Waals surface area (Å²) in [6, 6.07) is 12.9. The van der Waals surface area contributed by atoms with Crippen molar-refractivity contribution >= 4 is 50.4 Å². The molecule has 1 aliphatic heterocycles. The predicted molar refractivity (Wildman–Crippen MR) is 123 cm³/mol. The number of rotatable bonds is 4. The molecular weight excluding hydrogens is 436 g/mol. The van der Waals surface area contributed by atoms with Crippen LogP contribution in [0.5, 0.6) is 5.75 Å². The summed E-state index contributed by atoms with van der Waals surface area (Å²) < 4.78 is 5.57. The lowest BCUT2D eigenvalue weighted by Crippen LogP contribution is -2.34. The summed E-state index contributed by atoms with van der Waals surface area (Å²) >= 11 is 7.72. The molecule has 7 nitrogen and oxygen atoms in total. The van der Waals surface area contributed by atoms with E-state index < -0.39 is 6.10 Å². The SMILES string of the molecule is C[C@@H]1Oc2ccc(NCc3nc4scc(-c5ccccc5Cl)c4c(=O)[nH]3)cc2NC1=O. The Bertz CT molecular complexity index is 1380. The summed E-state index contributed by atoms with van der Waals surface area (Å²) in [5.41, 5.74) is 2.74. The summed E-state index contributed by atoms with van der Waals surface area (Å²) in [6.45, 7) is 2.01. The number of H-pyrrole nitrogens is 1. The third-order valence-corrected chi connectivity index (χ3v) is 6.23. The molecule has 31 heavy (non-hydrogen) atoms. The Morgan fingerprint density at radius 1 is 1.19 bits per heavy atom. The maximum atomic E-state index is 12.8. The zero-order valence-electron chi connectivity index (χ0n) is 16.4. The number of hydrogen-bond acceptors (Lipinski definition) is 6. The monoisotopic (exact) mass is 452 g/mol. The van der Waals surface area contributed by atoms with Gasteiger partial charge < -0.3 is 20.4 Å². The van der Waals surface area contributed by atoms with E-state index >= 15 is 0 Å². The first-order valence-corrected chi connectivity index (χ1v) is 10.9. The van der Waals surface area contributed by atoms with Crippen LogP contribution in [0, 0.1) is 0 Å². The average molecular weight is 453 g/mol. The van der Waals surface area contributed by atoms with Gasteiger partial charge in [0.2, 0.25) is 0 Å². The van der Waals surface area contributed by atoms with Crippen LogP contribution in [-0.2, 0) is 11.3 Å². The van der Waals surface area contributed by atoms with Gasteiger partial charge in [-0.2, -0.15) is 0 Å². The van der Waals surface area contributed by atoms with Crippen molar-refractivity contribution in [3.8, 4) is 16.9 Å². The highest BCUT2D eigenvalue weighted by atomic mass is 35.5. The van der Waals surface area contributed by atoms with Crippen molar-refractivity contribution in [1.29, 1.82) is 0 Å². The highest BCUT2D eigenvalue weighted by Crippen LogP contribution is 2.35. The molecule has 3 N–H and O–H groups in total. The Kier molecular flexibility index (Phi) is 4.88. The highest BCUT2D eigenvalue weighted by molar-refractivity contribution is 7.17. The largest absolute Gasteiger partial charge is 0.479 e. The predicted octanol–water partition coefficient (Wildman–Crippen LogP) is 4.64. The molecule has 0 radical (unpaired) electrons. The quantitative estimate of drug-likeness (QED) is 0.419. The number of carbonyl (C=O) groups is 1. The number of thiophene rings is 1. The van der Waals surface area contributed by atoms with Gasteiger partial charge in [0.1, 0.15) is 16.4 Å². The number of fused-ring (bicyclic) bond motifs is 2. The second kappa shape index (κ2) is 7.72. The molecule has 156 valence electrons. The van der Waals surface area contributed by atoms with Gasteiger partial charge in [-0.1, -0.05) is 29.8 Å². The molecule has 0 unspecified atom stereocenters. The number of hydrogen-bond donors (Lipinski definition) is 3. The molecule has 0 saturated heterocycles. The van der Waals surface area contributed by atoms with Gasteiger partial charge in [-0.3, -0.25) is 9.59 Å². The van der Waals surface area contributed by atoms with Crippen LogP contribution in [0.15, 0.2) is 52.6 Å². The second-order valence-corrected chi connectivity index (χ2v) is 8.40. The highest BCUT2D eigenvalue weighted by Gasteiger charge is 2.23. The molecule has 0 bridgehead atoms. The molecule has 0 aliphatic carbocycles. The zero-order valence-corrected chi connectivity index (χ0v) is 17.9. The van der Waals surface area contributed by atoms with Crippen LogP contribution >= 0.6 is 22.9 Å². The fraction of sp³-hybridized carbons (Fsp3) is 0.136. The molecule has 1 atom stereocenters. The molecule has 9 heteroatoms. The lowest BCUT2D eigenvalue weighted by Gasteiger charge is -2.23. The number of aromatic amines is 1. The third kappa shape index (κ3) is 3.64. The van der Waals surface area contributed by atoms with E-state index in [-0.39, 0.29) is 11.5 Å². The summed E-state index contributed by atoms with van der Waals surface area (Å²) in [5, 5.41) is 9.06. The first kappa shape index (κ1) is 19.6. The van der Waals surface area contributed by atoms with Gasteiger partial charge in [-0.05, 0) is 31.2 Å². The van der Waals surface area contributed by atoms with Crippen molar-refractivity contribution in [1.82, 2.24) is 9.97 Å². The maximum absolute atomic E-state index is 12.8. The molecule has 0 spiro atoms. The van der Waals surface area contributed by atoms with E-state index in [0.717, 1.165) is 16.8 Å². The Morgan fingerprint density at radius 2 is 2.03 bits per heavy atom. The number of ether oxygens (including phenoxy) is 1. The summed E-state index contributed by atoms with van der Waals surface area (Å²) in [7, 11) is 0. The number of aromatic nitrogens is 2. The van der Waals surface area contributed by atoms with Crippen LogP contribution in [0.3, 0.4) is 0 Å². The molecule has 3 heterocycles. The minimum absolute atomic E-state index is 0.187. The summed E-state index contributed by atoms with van der Waals surface area (Å²) in [4.78, 5) is 32.7. The van der Waals surface area contributed by atoms with E-state index in [0.29, 0.717) is 39.0 Å². The lowest BCUT2D eigenvalue weighted by molar-refractivity contribution is -0.122. The minimum atomic E-state index is -0.520. The van der Waals surface area contributed by atoms with Crippen LogP contribution < -0.4 is 20.9 Å². The second-order valence-electron chi connectivity index (χ2n) is 7.14. The van der Waals surface area contributed by atoms with E-state index in [1.165, 1.54) is 11.3 Å². The van der Waals surface area contributed by atoms with Gasteiger partial charge in [0.25, 0.3) is 11.5 Å². The van der Waals surface area contributed by atoms with E-state index in [4.69, 9.17) is 16.3 Å². The number of amides is 1. The molecular formula is C22H17ClN4O3S. The van der Waals surface area contributed by atoms with Crippen LogP contribution in [-0.4, -0.2) is 22.0 Å². The number of anilines is 2. The fourth-order valence-corrected chi connectivity index (χ4v) is 4.65. The molecule has 1 amide bonds. The van der Waals surface area contributed by atoms with E-state index in [1.54, 1.807) is 25.1 Å². The molecule has 2 aromatic carbocycles. The Hall–Kier alpha value is -3.36. The number of benzene rings is 2. The van der Waals surface area contributed by atoms with Crippen LogP contribution in [0.25, 0.3) is 21.3 Å². The van der Waals surface area contributed by atoms with Gasteiger partial charge >= 0.3 is 0 Å². The third-order valence-electron chi connectivity index (χ3n) is 5.03. The van der Waals surface area contributed by atoms with Crippen LogP contribution in [0.1, 0.15) is 12.7 Å². The maximum Gasteiger partial charge on any atom is 0.265 e. The fourth-order valence-electron chi connectivity index (χ4n) is 3.46. The summed E-state index contributed by atoms with van der Waals surface area (Å²) in [5.74, 6) is 0.945. The van der Waals surface area contributed by atoms with Crippen LogP contribution in [0.4, 0.5) is 11.4 Å². The smallest absolute Gasteiger partial charge is 0.265 e. The molecule has 1 aliphatic rings. The van der Waals surface area contributed by atoms with Crippen molar-refractivity contribution in [2.24, 2.45) is 0 Å². The topological polar surface area (TPSA) is 96.1 Å². The van der Waals surface area contributed by atoms with Crippen molar-refractivity contribution in [2.75, 3.05) is 10.6 Å². The van der Waals surface area contributed by atoms with E-state index in [2.05, 4.69) is 20.6 Å². The lowest BCUT2D eigenvalue weighted by atomic mass is 10.1. The Morgan fingerprint density at radius 3 is 2.87 bits per heavy atom. The number of nitrogens with one attached hydrogen (secondary N) is 3. The van der Waals surface area contributed by atoms with Crippen molar-refractivity contribution < 1.29 is 9.53 Å². The number of halogens is 1. The number of carbonyl (C=O) groups excluding carboxylic acids is 1. The zero-order chi connectivity index (χ0) is 21.5. The Balaban J connectivity index is 1.40. The van der Waals surface area contributed by atoms with E-state index in [9.17, 15) is 9.59 Å². The molecule has 4 aromatic rings. The molecule has 2 aromatic heterocycles. The first-order valence-electron chi connectivity index (χ1n) is 9.60. The molecule has 5 rings (SSSR count). The normalized spacial score (nSPS) is 15.3. The minimum Gasteiger partial charge on any atom is -0.479 e. The standard InChI is InChI=1S/C22H17ClN4O3S/c1-11-20(28)25-16-8-12(6-7-17(16)30-11)24-9-18-26-21(29)19-14(10-31-22(19)27-18)13-4-2-3-5-15(13)23/h2-8,10-11,24H,9H2,1H3,(H,25,28)(H,26,27,29)/t11-/m0/s1. The van der Waals surface area contributed by atoms with Gasteiger partial charge in [0, 0.05) is 27.2 Å². The molecule has 0 fully saturated rings. The first-order chi connectivity index (χ1) is 15.0. The van der Waals surface area contributed by atoms with Gasteiger partial charge in [-0.15, -0.1) is 11.3 Å².